The van der Waals surface area contributed by atoms with E-state index in [-0.39, 0.29) is 11.9 Å². The van der Waals surface area contributed by atoms with Crippen molar-refractivity contribution in [1.82, 2.24) is 0 Å². The zero-order valence-corrected chi connectivity index (χ0v) is 19.6. The quantitative estimate of drug-likeness (QED) is 0.469. The van der Waals surface area contributed by atoms with Crippen LogP contribution in [-0.4, -0.2) is 39.2 Å². The molecule has 2 aromatic carbocycles. The van der Waals surface area contributed by atoms with Crippen molar-refractivity contribution in [2.45, 2.75) is 34.1 Å². The molecule has 2 aromatic rings. The zero-order chi connectivity index (χ0) is 23.4. The first-order valence-electron chi connectivity index (χ1n) is 10.6. The van der Waals surface area contributed by atoms with Gasteiger partial charge in [-0.3, -0.25) is 0 Å². The minimum atomic E-state index is -0.293. The lowest BCUT2D eigenvalue weighted by molar-refractivity contribution is 0.0456. The van der Waals surface area contributed by atoms with Gasteiger partial charge in [0.15, 0.2) is 0 Å². The monoisotopic (exact) mass is 428 g/mol. The summed E-state index contributed by atoms with van der Waals surface area (Å²) in [6, 6.07) is 14.1. The van der Waals surface area contributed by atoms with Gasteiger partial charge in [0.05, 0.1) is 24.3 Å². The average molecular weight is 429 g/mol. The lowest BCUT2D eigenvalue weighted by atomic mass is 10.1. The maximum absolute atomic E-state index is 11.7. The van der Waals surface area contributed by atoms with Crippen LogP contribution in [0.15, 0.2) is 48.5 Å². The van der Waals surface area contributed by atoms with Crippen LogP contribution in [0.3, 0.4) is 0 Å². The molecule has 0 unspecified atom stereocenters. The van der Waals surface area contributed by atoms with Crippen LogP contribution in [0.5, 0.6) is 0 Å². The van der Waals surface area contributed by atoms with Gasteiger partial charge >= 0.3 is 11.9 Å². The van der Waals surface area contributed by atoms with Crippen LogP contribution >= 0.6 is 0 Å². The van der Waals surface area contributed by atoms with Crippen LogP contribution in [0.25, 0.3) is 0 Å². The Kier molecular flexibility index (Phi) is 11.2. The van der Waals surface area contributed by atoms with Crippen molar-refractivity contribution >= 4 is 23.3 Å². The molecule has 0 aromatic heterocycles. The summed E-state index contributed by atoms with van der Waals surface area (Å²) >= 11 is 0. The fourth-order valence-corrected chi connectivity index (χ4v) is 2.31. The molecule has 0 amide bonds. The molecule has 170 valence electrons. The molecule has 0 saturated carbocycles. The van der Waals surface area contributed by atoms with Crippen molar-refractivity contribution in [2.24, 2.45) is 11.8 Å². The third-order valence-corrected chi connectivity index (χ3v) is 4.24. The molecule has 31 heavy (non-hydrogen) atoms. The molecule has 0 saturated heterocycles. The molecule has 0 aliphatic carbocycles. The van der Waals surface area contributed by atoms with Crippen molar-refractivity contribution in [3.05, 3.63) is 59.7 Å². The standard InChI is InChI=1S/C14H21NO2.C11H15NO2/c1-11(2)9-10-17-14(16)12-5-7-13(8-6-12)15(3)4;1-8(2)7-14-11(13)9-3-5-10(12)6-4-9/h5-8,11H,9-10H2,1-4H3;3-6,8H,7,12H2,1-2H3. The number of hydrogen-bond acceptors (Lipinski definition) is 6. The molecular weight excluding hydrogens is 392 g/mol. The molecule has 0 aliphatic rings. The lowest BCUT2D eigenvalue weighted by Gasteiger charge is -2.12. The molecular formula is C25H36N2O4. The van der Waals surface area contributed by atoms with Gasteiger partial charge in [-0.05, 0) is 66.8 Å². The van der Waals surface area contributed by atoms with E-state index in [0.717, 1.165) is 12.1 Å². The average Bonchev–Trinajstić information content (AvgIpc) is 2.72. The summed E-state index contributed by atoms with van der Waals surface area (Å²) in [4.78, 5) is 25.1. The SMILES string of the molecule is CC(C)CCOC(=O)c1ccc(N(C)C)cc1.CC(C)COC(=O)c1ccc(N)cc1. The van der Waals surface area contributed by atoms with Gasteiger partial charge in [0.2, 0.25) is 0 Å². The highest BCUT2D eigenvalue weighted by Crippen LogP contribution is 2.13. The Balaban J connectivity index is 0.000000316. The number of hydrogen-bond donors (Lipinski definition) is 1. The normalized spacial score (nSPS) is 10.3. The molecule has 0 heterocycles. The summed E-state index contributed by atoms with van der Waals surface area (Å²) < 4.78 is 10.2. The van der Waals surface area contributed by atoms with E-state index in [1.165, 1.54) is 0 Å². The molecule has 6 heteroatoms. The number of carbonyl (C=O) groups is 2. The number of nitrogens with two attached hydrogens (primary N) is 1. The van der Waals surface area contributed by atoms with Crippen LogP contribution in [0, 0.1) is 11.8 Å². The molecule has 0 atom stereocenters. The first kappa shape index (κ1) is 26.0. The highest BCUT2D eigenvalue weighted by atomic mass is 16.5. The molecule has 0 fully saturated rings. The lowest BCUT2D eigenvalue weighted by Crippen LogP contribution is -2.10. The second-order valence-electron chi connectivity index (χ2n) is 8.37. The van der Waals surface area contributed by atoms with Gasteiger partial charge in [-0.2, -0.15) is 0 Å². The van der Waals surface area contributed by atoms with Crippen molar-refractivity contribution < 1.29 is 19.1 Å². The summed E-state index contributed by atoms with van der Waals surface area (Å²) in [5.74, 6) is 0.376. The highest BCUT2D eigenvalue weighted by molar-refractivity contribution is 5.90. The molecule has 0 radical (unpaired) electrons. The summed E-state index contributed by atoms with van der Waals surface area (Å²) in [6.07, 6.45) is 0.904. The van der Waals surface area contributed by atoms with E-state index in [4.69, 9.17) is 15.2 Å². The van der Waals surface area contributed by atoms with Crippen molar-refractivity contribution in [3.63, 3.8) is 0 Å². The van der Waals surface area contributed by atoms with Crippen LogP contribution in [0.1, 0.15) is 54.8 Å². The largest absolute Gasteiger partial charge is 0.462 e. The van der Waals surface area contributed by atoms with E-state index in [9.17, 15) is 9.59 Å². The zero-order valence-electron chi connectivity index (χ0n) is 19.6. The van der Waals surface area contributed by atoms with Gasteiger partial charge < -0.3 is 20.1 Å². The van der Waals surface area contributed by atoms with Crippen LogP contribution in [0.2, 0.25) is 0 Å². The first-order valence-corrected chi connectivity index (χ1v) is 10.6. The summed E-state index contributed by atoms with van der Waals surface area (Å²) in [5, 5.41) is 0. The Hall–Kier alpha value is -3.02. The number of anilines is 2. The van der Waals surface area contributed by atoms with Gasteiger partial charge in [-0.1, -0.05) is 27.7 Å². The van der Waals surface area contributed by atoms with Crippen molar-refractivity contribution in [3.8, 4) is 0 Å². The van der Waals surface area contributed by atoms with Gasteiger partial charge in [0, 0.05) is 25.5 Å². The van der Waals surface area contributed by atoms with E-state index in [1.807, 2.05) is 45.0 Å². The second kappa shape index (κ2) is 13.3. The summed E-state index contributed by atoms with van der Waals surface area (Å²) in [6.45, 7) is 9.15. The predicted octanol–water partition coefficient (Wildman–Crippen LogP) is 5.04. The number of rotatable bonds is 8. The van der Waals surface area contributed by atoms with E-state index < -0.39 is 0 Å². The number of nitrogen functional groups attached to an aromatic ring is 1. The predicted molar refractivity (Wildman–Crippen MR) is 126 cm³/mol. The van der Waals surface area contributed by atoms with Crippen molar-refractivity contribution in [1.29, 1.82) is 0 Å². The minimum absolute atomic E-state index is 0.240. The smallest absolute Gasteiger partial charge is 0.338 e. The van der Waals surface area contributed by atoms with Crippen LogP contribution < -0.4 is 10.6 Å². The van der Waals surface area contributed by atoms with E-state index >= 15 is 0 Å². The third kappa shape index (κ3) is 10.5. The van der Waals surface area contributed by atoms with E-state index in [0.29, 0.717) is 41.9 Å². The van der Waals surface area contributed by atoms with Gasteiger partial charge in [0.1, 0.15) is 0 Å². The van der Waals surface area contributed by atoms with Gasteiger partial charge in [0.25, 0.3) is 0 Å². The molecule has 0 bridgehead atoms. The fourth-order valence-electron chi connectivity index (χ4n) is 2.31. The number of carbonyl (C=O) groups excluding carboxylic acids is 2. The Labute approximate surface area is 186 Å². The van der Waals surface area contributed by atoms with Crippen LogP contribution in [-0.2, 0) is 9.47 Å². The molecule has 2 N–H and O–H groups in total. The topological polar surface area (TPSA) is 81.9 Å². The fraction of sp³-hybridized carbons (Fsp3) is 0.440. The number of benzene rings is 2. The molecule has 2 rings (SSSR count). The third-order valence-electron chi connectivity index (χ3n) is 4.24. The Morgan fingerprint density at radius 3 is 1.74 bits per heavy atom. The Morgan fingerprint density at radius 1 is 0.806 bits per heavy atom. The maximum atomic E-state index is 11.7. The van der Waals surface area contributed by atoms with E-state index in [2.05, 4.69) is 13.8 Å². The maximum Gasteiger partial charge on any atom is 0.338 e. The van der Waals surface area contributed by atoms with Gasteiger partial charge in [-0.15, -0.1) is 0 Å². The van der Waals surface area contributed by atoms with Crippen molar-refractivity contribution in [2.75, 3.05) is 37.9 Å². The number of nitrogens with zero attached hydrogens (tertiary/aromatic N) is 1. The molecule has 0 aliphatic heterocycles. The summed E-state index contributed by atoms with van der Waals surface area (Å²) in [7, 11) is 3.94. The number of ether oxygens (including phenoxy) is 2. The minimum Gasteiger partial charge on any atom is -0.462 e. The molecule has 6 nitrogen and oxygen atoms in total. The van der Waals surface area contributed by atoms with Gasteiger partial charge in [-0.25, -0.2) is 9.59 Å². The summed E-state index contributed by atoms with van der Waals surface area (Å²) in [5.41, 5.74) is 8.37. The second-order valence-corrected chi connectivity index (χ2v) is 8.37. The van der Waals surface area contributed by atoms with Crippen LogP contribution in [0.4, 0.5) is 11.4 Å². The highest BCUT2D eigenvalue weighted by Gasteiger charge is 2.08. The Bertz CT molecular complexity index is 797. The van der Waals surface area contributed by atoms with E-state index in [1.54, 1.807) is 36.4 Å². The first-order chi connectivity index (χ1) is 14.6. The molecule has 0 spiro atoms. The Morgan fingerprint density at radius 2 is 1.29 bits per heavy atom. The number of esters is 2.